The molecule has 1 saturated heterocycles. The summed E-state index contributed by atoms with van der Waals surface area (Å²) in [7, 11) is 2.10. The van der Waals surface area contributed by atoms with Crippen LogP contribution in [0.5, 0.6) is 0 Å². The van der Waals surface area contributed by atoms with Crippen LogP contribution < -0.4 is 5.73 Å². The molecule has 4 heteroatoms. The zero-order chi connectivity index (χ0) is 12.3. The summed E-state index contributed by atoms with van der Waals surface area (Å²) in [6, 6.07) is 0.225. The van der Waals surface area contributed by atoms with Crippen LogP contribution in [-0.2, 0) is 4.79 Å². The first kappa shape index (κ1) is 12.8. The molecule has 2 rings (SSSR count). The number of amides is 1. The number of hydrogen-bond acceptors (Lipinski definition) is 3. The topological polar surface area (TPSA) is 49.6 Å². The van der Waals surface area contributed by atoms with E-state index in [9.17, 15) is 4.79 Å². The van der Waals surface area contributed by atoms with Crippen LogP contribution >= 0.6 is 0 Å². The van der Waals surface area contributed by atoms with Crippen molar-refractivity contribution in [2.75, 3.05) is 33.2 Å². The van der Waals surface area contributed by atoms with E-state index in [1.54, 1.807) is 0 Å². The lowest BCUT2D eigenvalue weighted by molar-refractivity contribution is -0.136. The van der Waals surface area contributed by atoms with Gasteiger partial charge in [-0.25, -0.2) is 0 Å². The van der Waals surface area contributed by atoms with Gasteiger partial charge in [-0.2, -0.15) is 0 Å². The molecule has 2 aliphatic rings. The molecular formula is C13H25N3O. The van der Waals surface area contributed by atoms with Crippen molar-refractivity contribution in [2.45, 2.75) is 38.1 Å². The number of nitrogens with two attached hydrogens (primary N) is 1. The van der Waals surface area contributed by atoms with Crippen LogP contribution in [0.4, 0.5) is 0 Å². The fourth-order valence-corrected chi connectivity index (χ4v) is 3.12. The van der Waals surface area contributed by atoms with Crippen molar-refractivity contribution in [2.24, 2.45) is 11.7 Å². The van der Waals surface area contributed by atoms with Gasteiger partial charge in [-0.1, -0.05) is 12.8 Å². The smallest absolute Gasteiger partial charge is 0.223 e. The first-order chi connectivity index (χ1) is 8.20. The van der Waals surface area contributed by atoms with Gasteiger partial charge in [-0.15, -0.1) is 0 Å². The second kappa shape index (κ2) is 5.83. The standard InChI is InChI=1S/C13H25N3O/c1-15-6-7-16(12(9-14)10-15)13(17)8-11-4-2-3-5-11/h11-12H,2-10,14H2,1H3. The number of piperazine rings is 1. The maximum atomic E-state index is 12.3. The summed E-state index contributed by atoms with van der Waals surface area (Å²) in [6.07, 6.45) is 5.85. The third-order valence-corrected chi connectivity index (χ3v) is 4.22. The Kier molecular flexibility index (Phi) is 4.40. The van der Waals surface area contributed by atoms with Gasteiger partial charge in [0.25, 0.3) is 0 Å². The maximum absolute atomic E-state index is 12.3. The lowest BCUT2D eigenvalue weighted by atomic mass is 10.0. The predicted octanol–water partition coefficient (Wildman–Crippen LogP) is 0.668. The molecule has 1 saturated carbocycles. The van der Waals surface area contributed by atoms with Crippen LogP contribution in [0.25, 0.3) is 0 Å². The molecule has 0 bridgehead atoms. The second-order valence-electron chi connectivity index (χ2n) is 5.59. The van der Waals surface area contributed by atoms with Crippen molar-refractivity contribution in [3.05, 3.63) is 0 Å². The lowest BCUT2D eigenvalue weighted by Crippen LogP contribution is -2.56. The van der Waals surface area contributed by atoms with Gasteiger partial charge in [-0.3, -0.25) is 4.79 Å². The number of carbonyl (C=O) groups excluding carboxylic acids is 1. The van der Waals surface area contributed by atoms with Crippen molar-refractivity contribution < 1.29 is 4.79 Å². The average Bonchev–Trinajstić information content (AvgIpc) is 2.81. The summed E-state index contributed by atoms with van der Waals surface area (Å²) in [5.74, 6) is 0.973. The van der Waals surface area contributed by atoms with E-state index < -0.39 is 0 Å². The van der Waals surface area contributed by atoms with Crippen molar-refractivity contribution in [3.8, 4) is 0 Å². The van der Waals surface area contributed by atoms with Crippen LogP contribution in [-0.4, -0.2) is 55.0 Å². The molecule has 0 radical (unpaired) electrons. The van der Waals surface area contributed by atoms with Crippen molar-refractivity contribution in [1.29, 1.82) is 0 Å². The highest BCUT2D eigenvalue weighted by molar-refractivity contribution is 5.77. The molecule has 1 heterocycles. The van der Waals surface area contributed by atoms with E-state index >= 15 is 0 Å². The number of likely N-dealkylation sites (N-methyl/N-ethyl adjacent to an activating group) is 1. The van der Waals surface area contributed by atoms with Crippen LogP contribution in [0.2, 0.25) is 0 Å². The predicted molar refractivity (Wildman–Crippen MR) is 68.6 cm³/mol. The molecule has 0 aromatic carbocycles. The monoisotopic (exact) mass is 239 g/mol. The Morgan fingerprint density at radius 3 is 2.65 bits per heavy atom. The fourth-order valence-electron chi connectivity index (χ4n) is 3.12. The molecule has 1 unspecified atom stereocenters. The van der Waals surface area contributed by atoms with Crippen molar-refractivity contribution in [1.82, 2.24) is 9.80 Å². The van der Waals surface area contributed by atoms with E-state index in [1.807, 2.05) is 4.90 Å². The molecule has 2 N–H and O–H groups in total. The molecule has 17 heavy (non-hydrogen) atoms. The van der Waals surface area contributed by atoms with Gasteiger partial charge in [0.15, 0.2) is 0 Å². The number of rotatable bonds is 3. The van der Waals surface area contributed by atoms with E-state index in [0.717, 1.165) is 26.1 Å². The Labute approximate surface area is 104 Å². The van der Waals surface area contributed by atoms with Gasteiger partial charge in [0.2, 0.25) is 5.91 Å². The van der Waals surface area contributed by atoms with Crippen LogP contribution in [0.15, 0.2) is 0 Å². The van der Waals surface area contributed by atoms with Gasteiger partial charge in [-0.05, 0) is 25.8 Å². The molecule has 1 aliphatic heterocycles. The Balaban J connectivity index is 1.88. The van der Waals surface area contributed by atoms with Gasteiger partial charge in [0, 0.05) is 32.6 Å². The third-order valence-electron chi connectivity index (χ3n) is 4.22. The highest BCUT2D eigenvalue weighted by Crippen LogP contribution is 2.28. The molecule has 98 valence electrons. The van der Waals surface area contributed by atoms with Crippen molar-refractivity contribution >= 4 is 5.91 Å². The average molecular weight is 239 g/mol. The molecule has 1 aliphatic carbocycles. The molecule has 1 atom stereocenters. The molecule has 0 spiro atoms. The highest BCUT2D eigenvalue weighted by Gasteiger charge is 2.29. The Bertz CT molecular complexity index is 263. The molecular weight excluding hydrogens is 214 g/mol. The highest BCUT2D eigenvalue weighted by atomic mass is 16.2. The maximum Gasteiger partial charge on any atom is 0.223 e. The van der Waals surface area contributed by atoms with E-state index in [0.29, 0.717) is 18.4 Å². The number of nitrogens with zero attached hydrogens (tertiary/aromatic N) is 2. The quantitative estimate of drug-likeness (QED) is 0.787. The SMILES string of the molecule is CN1CCN(C(=O)CC2CCCC2)C(CN)C1. The van der Waals surface area contributed by atoms with Gasteiger partial charge < -0.3 is 15.5 Å². The third kappa shape index (κ3) is 3.19. The number of carbonyl (C=O) groups is 1. The first-order valence-electron chi connectivity index (χ1n) is 6.88. The van der Waals surface area contributed by atoms with E-state index in [-0.39, 0.29) is 6.04 Å². The molecule has 0 aromatic rings. The minimum absolute atomic E-state index is 0.225. The Morgan fingerprint density at radius 2 is 2.00 bits per heavy atom. The van der Waals surface area contributed by atoms with Gasteiger partial charge in [0.1, 0.15) is 0 Å². The fraction of sp³-hybridized carbons (Fsp3) is 0.923. The van der Waals surface area contributed by atoms with Crippen LogP contribution in [0, 0.1) is 5.92 Å². The number of hydrogen-bond donors (Lipinski definition) is 1. The zero-order valence-electron chi connectivity index (χ0n) is 10.9. The van der Waals surface area contributed by atoms with E-state index in [2.05, 4.69) is 11.9 Å². The zero-order valence-corrected chi connectivity index (χ0v) is 10.9. The summed E-state index contributed by atoms with van der Waals surface area (Å²) in [4.78, 5) is 16.6. The van der Waals surface area contributed by atoms with Crippen LogP contribution in [0.3, 0.4) is 0 Å². The molecule has 0 aromatic heterocycles. The van der Waals surface area contributed by atoms with Crippen molar-refractivity contribution in [3.63, 3.8) is 0 Å². The van der Waals surface area contributed by atoms with Gasteiger partial charge >= 0.3 is 0 Å². The van der Waals surface area contributed by atoms with Gasteiger partial charge in [0.05, 0.1) is 6.04 Å². The molecule has 4 nitrogen and oxygen atoms in total. The van der Waals surface area contributed by atoms with E-state index in [1.165, 1.54) is 25.7 Å². The van der Waals surface area contributed by atoms with E-state index in [4.69, 9.17) is 5.73 Å². The largest absolute Gasteiger partial charge is 0.336 e. The summed E-state index contributed by atoms with van der Waals surface area (Å²) < 4.78 is 0. The summed E-state index contributed by atoms with van der Waals surface area (Å²) in [5, 5.41) is 0. The summed E-state index contributed by atoms with van der Waals surface area (Å²) >= 11 is 0. The molecule has 1 amide bonds. The first-order valence-corrected chi connectivity index (χ1v) is 6.88. The Hall–Kier alpha value is -0.610. The molecule has 2 fully saturated rings. The minimum Gasteiger partial charge on any atom is -0.336 e. The normalized spacial score (nSPS) is 27.6. The van der Waals surface area contributed by atoms with Crippen LogP contribution in [0.1, 0.15) is 32.1 Å². The lowest BCUT2D eigenvalue weighted by Gasteiger charge is -2.40. The Morgan fingerprint density at radius 1 is 1.29 bits per heavy atom. The summed E-state index contributed by atoms with van der Waals surface area (Å²) in [6.45, 7) is 3.34. The minimum atomic E-state index is 0.225. The second-order valence-corrected chi connectivity index (χ2v) is 5.59. The summed E-state index contributed by atoms with van der Waals surface area (Å²) in [5.41, 5.74) is 5.78.